The van der Waals surface area contributed by atoms with Crippen molar-refractivity contribution in [1.29, 1.82) is 0 Å². The van der Waals surface area contributed by atoms with E-state index in [1.165, 1.54) is 40.5 Å². The molecule has 8 nitrogen and oxygen atoms in total. The van der Waals surface area contributed by atoms with Crippen molar-refractivity contribution < 1.29 is 13.9 Å². The molecule has 0 aliphatic rings. The van der Waals surface area contributed by atoms with E-state index in [2.05, 4.69) is 20.1 Å². The molecule has 154 valence electrons. The van der Waals surface area contributed by atoms with Gasteiger partial charge in [-0.25, -0.2) is 19.0 Å². The second-order valence-corrected chi connectivity index (χ2v) is 8.25. The van der Waals surface area contributed by atoms with E-state index in [4.69, 9.17) is 4.74 Å². The molecule has 0 unspecified atom stereocenters. The second-order valence-electron chi connectivity index (χ2n) is 7.14. The van der Waals surface area contributed by atoms with Crippen molar-refractivity contribution in [2.45, 2.75) is 26.8 Å². The summed E-state index contributed by atoms with van der Waals surface area (Å²) in [6, 6.07) is 4.35. The predicted molar refractivity (Wildman–Crippen MR) is 110 cm³/mol. The van der Waals surface area contributed by atoms with E-state index in [9.17, 15) is 14.0 Å². The molecule has 0 spiro atoms. The molecule has 0 saturated heterocycles. The number of benzene rings is 1. The van der Waals surface area contributed by atoms with E-state index in [-0.39, 0.29) is 35.7 Å². The Labute approximate surface area is 174 Å². The Morgan fingerprint density at radius 2 is 2.00 bits per heavy atom. The summed E-state index contributed by atoms with van der Waals surface area (Å²) in [5.41, 5.74) is 0.764. The van der Waals surface area contributed by atoms with Gasteiger partial charge in [0.1, 0.15) is 22.0 Å². The molecule has 0 amide bonds. The van der Waals surface area contributed by atoms with Crippen LogP contribution in [0.3, 0.4) is 0 Å². The van der Waals surface area contributed by atoms with E-state index in [1.54, 1.807) is 6.07 Å². The lowest BCUT2D eigenvalue weighted by Gasteiger charge is -2.10. The van der Waals surface area contributed by atoms with Gasteiger partial charge in [0.25, 0.3) is 5.56 Å². The second kappa shape index (κ2) is 8.23. The van der Waals surface area contributed by atoms with Crippen LogP contribution in [-0.2, 0) is 22.5 Å². The highest BCUT2D eigenvalue weighted by Gasteiger charge is 2.18. The van der Waals surface area contributed by atoms with Crippen LogP contribution in [-0.4, -0.2) is 37.3 Å². The number of fused-ring (bicyclic) bond motifs is 2. The molecule has 0 aliphatic heterocycles. The zero-order valence-corrected chi connectivity index (χ0v) is 17.1. The van der Waals surface area contributed by atoms with Crippen LogP contribution < -0.4 is 5.56 Å². The number of hydrogen-bond donors (Lipinski definition) is 0. The van der Waals surface area contributed by atoms with Gasteiger partial charge in [0.05, 0.1) is 29.8 Å². The molecule has 0 bridgehead atoms. The highest BCUT2D eigenvalue weighted by atomic mass is 32.1. The summed E-state index contributed by atoms with van der Waals surface area (Å²) in [5.74, 6) is -0.627. The van der Waals surface area contributed by atoms with Gasteiger partial charge in [0.15, 0.2) is 5.52 Å². The molecule has 4 aromatic rings. The van der Waals surface area contributed by atoms with Crippen LogP contribution in [0.25, 0.3) is 21.3 Å². The Morgan fingerprint density at radius 1 is 1.23 bits per heavy atom. The Kier molecular flexibility index (Phi) is 5.49. The maximum absolute atomic E-state index is 13.4. The number of thiazole rings is 1. The molecule has 0 N–H and O–H groups in total. The predicted octanol–water partition coefficient (Wildman–Crippen LogP) is 2.73. The normalized spacial score (nSPS) is 11.5. The monoisotopic (exact) mass is 427 g/mol. The van der Waals surface area contributed by atoms with E-state index in [0.29, 0.717) is 22.8 Å². The van der Waals surface area contributed by atoms with E-state index >= 15 is 0 Å². The number of aromatic nitrogens is 5. The zero-order chi connectivity index (χ0) is 21.3. The molecule has 30 heavy (non-hydrogen) atoms. The standard InChI is InChI=1S/C20H18FN5O3S/c1-11(2)10-29-17(27)8-14-18-19(23-6-5-22-18)20(28)26(25-14)9-16-24-13-7-12(21)3-4-15(13)30-16/h3-7,11H,8-10H2,1-2H3. The van der Waals surface area contributed by atoms with Crippen LogP contribution in [0.1, 0.15) is 24.5 Å². The van der Waals surface area contributed by atoms with Crippen molar-refractivity contribution in [2.24, 2.45) is 5.92 Å². The number of halogens is 1. The van der Waals surface area contributed by atoms with Crippen molar-refractivity contribution in [1.82, 2.24) is 24.7 Å². The highest BCUT2D eigenvalue weighted by Crippen LogP contribution is 2.23. The van der Waals surface area contributed by atoms with Crippen LogP contribution in [0.15, 0.2) is 35.4 Å². The summed E-state index contributed by atoms with van der Waals surface area (Å²) in [7, 11) is 0. The van der Waals surface area contributed by atoms with Crippen LogP contribution >= 0.6 is 11.3 Å². The van der Waals surface area contributed by atoms with Gasteiger partial charge in [-0.2, -0.15) is 5.10 Å². The molecule has 0 fully saturated rings. The summed E-state index contributed by atoms with van der Waals surface area (Å²) >= 11 is 1.34. The summed E-state index contributed by atoms with van der Waals surface area (Å²) in [6.07, 6.45) is 2.72. The molecule has 3 aromatic heterocycles. The third-order valence-electron chi connectivity index (χ3n) is 4.22. The molecular formula is C20H18FN5O3S. The van der Waals surface area contributed by atoms with Crippen molar-refractivity contribution >= 4 is 38.6 Å². The van der Waals surface area contributed by atoms with Crippen molar-refractivity contribution in [3.63, 3.8) is 0 Å². The van der Waals surface area contributed by atoms with E-state index < -0.39 is 11.5 Å². The fourth-order valence-corrected chi connectivity index (χ4v) is 3.81. The highest BCUT2D eigenvalue weighted by molar-refractivity contribution is 7.18. The lowest BCUT2D eigenvalue weighted by Crippen LogP contribution is -2.27. The van der Waals surface area contributed by atoms with Crippen molar-refractivity contribution in [3.05, 3.63) is 57.5 Å². The van der Waals surface area contributed by atoms with Gasteiger partial charge in [-0.1, -0.05) is 13.8 Å². The van der Waals surface area contributed by atoms with E-state index in [1.807, 2.05) is 13.8 Å². The molecule has 0 radical (unpaired) electrons. The van der Waals surface area contributed by atoms with Gasteiger partial charge in [0, 0.05) is 18.5 Å². The molecule has 1 aromatic carbocycles. The molecule has 4 rings (SSSR count). The Balaban J connectivity index is 1.71. The summed E-state index contributed by atoms with van der Waals surface area (Å²) in [6.45, 7) is 4.25. The van der Waals surface area contributed by atoms with Crippen LogP contribution in [0.5, 0.6) is 0 Å². The molecule has 0 aliphatic carbocycles. The third-order valence-corrected chi connectivity index (χ3v) is 5.24. The first-order chi connectivity index (χ1) is 14.4. The summed E-state index contributed by atoms with van der Waals surface area (Å²) < 4.78 is 20.7. The minimum atomic E-state index is -0.455. The molecular weight excluding hydrogens is 409 g/mol. The Bertz CT molecular complexity index is 1300. The molecule has 3 heterocycles. The Morgan fingerprint density at radius 3 is 2.77 bits per heavy atom. The molecule has 10 heteroatoms. The van der Waals surface area contributed by atoms with Crippen LogP contribution in [0.2, 0.25) is 0 Å². The SMILES string of the molecule is CC(C)COC(=O)Cc1nn(Cc2nc3cc(F)ccc3s2)c(=O)c2nccnc12. The maximum atomic E-state index is 13.4. The third kappa shape index (κ3) is 4.18. The number of carbonyl (C=O) groups is 1. The zero-order valence-electron chi connectivity index (χ0n) is 16.3. The topological polar surface area (TPSA) is 99.9 Å². The number of carbonyl (C=O) groups excluding carboxylic acids is 1. The summed E-state index contributed by atoms with van der Waals surface area (Å²) in [4.78, 5) is 37.8. The largest absolute Gasteiger partial charge is 0.465 e. The number of nitrogens with zero attached hydrogens (tertiary/aromatic N) is 5. The van der Waals surface area contributed by atoms with Gasteiger partial charge in [-0.05, 0) is 18.1 Å². The quantitative estimate of drug-likeness (QED) is 0.436. The fraction of sp³-hybridized carbons (Fsp3) is 0.300. The fourth-order valence-electron chi connectivity index (χ4n) is 2.88. The number of esters is 1. The van der Waals surface area contributed by atoms with Crippen LogP contribution in [0.4, 0.5) is 4.39 Å². The first-order valence-corrected chi connectivity index (χ1v) is 10.1. The van der Waals surface area contributed by atoms with Gasteiger partial charge in [-0.15, -0.1) is 11.3 Å². The van der Waals surface area contributed by atoms with Gasteiger partial charge < -0.3 is 4.74 Å². The maximum Gasteiger partial charge on any atom is 0.312 e. The van der Waals surface area contributed by atoms with Crippen LogP contribution in [0, 0.1) is 11.7 Å². The van der Waals surface area contributed by atoms with Crippen molar-refractivity contribution in [3.8, 4) is 0 Å². The average Bonchev–Trinajstić information content (AvgIpc) is 3.11. The van der Waals surface area contributed by atoms with Gasteiger partial charge >= 0.3 is 5.97 Å². The minimum absolute atomic E-state index is 0.0698. The number of hydrogen-bond acceptors (Lipinski definition) is 8. The smallest absolute Gasteiger partial charge is 0.312 e. The lowest BCUT2D eigenvalue weighted by molar-refractivity contribution is -0.143. The van der Waals surface area contributed by atoms with Gasteiger partial charge in [-0.3, -0.25) is 14.6 Å². The molecule has 0 atom stereocenters. The molecule has 0 saturated carbocycles. The first kappa shape index (κ1) is 20.0. The number of ether oxygens (including phenoxy) is 1. The summed E-state index contributed by atoms with van der Waals surface area (Å²) in [5, 5.41) is 4.93. The van der Waals surface area contributed by atoms with Gasteiger partial charge in [0.2, 0.25) is 0 Å². The van der Waals surface area contributed by atoms with E-state index in [0.717, 1.165) is 4.70 Å². The lowest BCUT2D eigenvalue weighted by atomic mass is 10.2. The number of rotatable bonds is 6. The first-order valence-electron chi connectivity index (χ1n) is 9.32. The average molecular weight is 427 g/mol. The Hall–Kier alpha value is -3.27. The van der Waals surface area contributed by atoms with Crippen molar-refractivity contribution in [2.75, 3.05) is 6.61 Å². The minimum Gasteiger partial charge on any atom is -0.465 e.